The topological polar surface area (TPSA) is 29.5 Å². The van der Waals surface area contributed by atoms with Crippen molar-refractivity contribution in [3.63, 3.8) is 0 Å². The summed E-state index contributed by atoms with van der Waals surface area (Å²) in [6.45, 7) is 0. The first-order chi connectivity index (χ1) is 12.5. The van der Waals surface area contributed by atoms with E-state index in [9.17, 15) is 4.79 Å². The number of esters is 1. The molecule has 0 bridgehead atoms. The first-order valence-electron chi connectivity index (χ1n) is 7.69. The van der Waals surface area contributed by atoms with Crippen LogP contribution in [-0.2, 0) is 4.74 Å². The highest BCUT2D eigenvalue weighted by molar-refractivity contribution is 14.1. The van der Waals surface area contributed by atoms with E-state index in [4.69, 9.17) is 4.74 Å². The summed E-state index contributed by atoms with van der Waals surface area (Å²) in [7, 11) is 1.41. The summed E-state index contributed by atoms with van der Waals surface area (Å²) in [5, 5.41) is 0. The number of ether oxygens (including phenoxy) is 1. The summed E-state index contributed by atoms with van der Waals surface area (Å²) in [6.07, 6.45) is 0. The van der Waals surface area contributed by atoms with E-state index < -0.39 is 0 Å². The first kappa shape index (κ1) is 19.9. The Kier molecular flexibility index (Phi) is 6.78. The van der Waals surface area contributed by atoms with Gasteiger partial charge in [0.1, 0.15) is 0 Å². The molecule has 3 aromatic carbocycles. The fraction of sp³-hybridized carbons (Fsp3) is 0.0500. The van der Waals surface area contributed by atoms with Crippen LogP contribution < -0.4 is 4.90 Å². The molecule has 0 aliphatic carbocycles. The molecule has 0 heterocycles. The third-order valence-corrected chi connectivity index (χ3v) is 5.88. The van der Waals surface area contributed by atoms with Gasteiger partial charge in [-0.3, -0.25) is 0 Å². The average Bonchev–Trinajstić information content (AvgIpc) is 2.65. The molecule has 26 heavy (non-hydrogen) atoms. The molecular weight excluding hydrogens is 667 g/mol. The van der Waals surface area contributed by atoms with Crippen LogP contribution >= 0.6 is 67.8 Å². The number of nitrogens with zero attached hydrogens (tertiary/aromatic N) is 1. The van der Waals surface area contributed by atoms with Gasteiger partial charge in [0.2, 0.25) is 0 Å². The second-order valence-corrected chi connectivity index (χ2v) is 9.18. The van der Waals surface area contributed by atoms with E-state index in [1.807, 2.05) is 18.2 Å². The van der Waals surface area contributed by atoms with Crippen LogP contribution in [0.15, 0.2) is 66.7 Å². The van der Waals surface area contributed by atoms with Crippen molar-refractivity contribution in [1.82, 2.24) is 0 Å². The molecule has 3 rings (SSSR count). The molecular formula is C20H14I3NO2. The van der Waals surface area contributed by atoms with Gasteiger partial charge < -0.3 is 9.64 Å². The lowest BCUT2D eigenvalue weighted by Gasteiger charge is -2.27. The van der Waals surface area contributed by atoms with Crippen molar-refractivity contribution in [2.45, 2.75) is 0 Å². The number of anilines is 3. The van der Waals surface area contributed by atoms with E-state index in [1.54, 1.807) is 0 Å². The van der Waals surface area contributed by atoms with Crippen LogP contribution in [0, 0.1) is 10.7 Å². The Bertz CT molecular complexity index is 879. The van der Waals surface area contributed by atoms with Crippen molar-refractivity contribution >= 4 is 90.8 Å². The number of hydrogen-bond acceptors (Lipinski definition) is 3. The minimum absolute atomic E-state index is 0.348. The molecule has 0 saturated heterocycles. The molecule has 132 valence electrons. The average molecular weight is 681 g/mol. The molecule has 0 saturated carbocycles. The van der Waals surface area contributed by atoms with E-state index in [2.05, 4.69) is 121 Å². The Hall–Kier alpha value is -0.880. The van der Waals surface area contributed by atoms with Gasteiger partial charge in [0.15, 0.2) is 0 Å². The molecule has 0 radical (unpaired) electrons. The fourth-order valence-corrected chi connectivity index (χ4v) is 3.79. The minimum Gasteiger partial charge on any atom is -0.465 e. The molecule has 0 N–H and O–H groups in total. The van der Waals surface area contributed by atoms with E-state index in [1.165, 1.54) is 7.11 Å². The standard InChI is InChI=1S/C20H14I3NO2/c1-26-20(25)18-12-15(23)6-11-19(18)24(16-7-2-13(21)3-8-16)17-9-4-14(22)5-10-17/h2-12H,1H3. The molecule has 6 heteroatoms. The van der Waals surface area contributed by atoms with Crippen LogP contribution in [0.25, 0.3) is 0 Å². The molecule has 0 amide bonds. The Morgan fingerprint density at radius 3 is 1.69 bits per heavy atom. The van der Waals surface area contributed by atoms with Crippen molar-refractivity contribution < 1.29 is 9.53 Å². The van der Waals surface area contributed by atoms with Crippen molar-refractivity contribution in [2.24, 2.45) is 0 Å². The Morgan fingerprint density at radius 2 is 1.23 bits per heavy atom. The number of benzene rings is 3. The van der Waals surface area contributed by atoms with Crippen LogP contribution in [0.4, 0.5) is 17.1 Å². The predicted molar refractivity (Wildman–Crippen MR) is 131 cm³/mol. The molecule has 0 spiro atoms. The van der Waals surface area contributed by atoms with E-state index in [0.29, 0.717) is 5.56 Å². The van der Waals surface area contributed by atoms with Crippen LogP contribution in [0.5, 0.6) is 0 Å². The van der Waals surface area contributed by atoms with Crippen LogP contribution in [-0.4, -0.2) is 13.1 Å². The van der Waals surface area contributed by atoms with Gasteiger partial charge in [-0.25, -0.2) is 4.79 Å². The van der Waals surface area contributed by atoms with Gasteiger partial charge in [0.25, 0.3) is 0 Å². The van der Waals surface area contributed by atoms with Crippen molar-refractivity contribution in [1.29, 1.82) is 0 Å². The first-order valence-corrected chi connectivity index (χ1v) is 10.9. The van der Waals surface area contributed by atoms with Crippen LogP contribution in [0.2, 0.25) is 0 Å². The number of carbonyl (C=O) groups excluding carboxylic acids is 1. The highest BCUT2D eigenvalue weighted by Crippen LogP contribution is 2.37. The maximum absolute atomic E-state index is 12.4. The normalized spacial score (nSPS) is 10.5. The summed E-state index contributed by atoms with van der Waals surface area (Å²) < 4.78 is 8.32. The fourth-order valence-electron chi connectivity index (χ4n) is 2.58. The van der Waals surface area contributed by atoms with Gasteiger partial charge in [-0.1, -0.05) is 0 Å². The third kappa shape index (κ3) is 4.50. The molecule has 0 unspecified atom stereocenters. The van der Waals surface area contributed by atoms with Gasteiger partial charge in [0.05, 0.1) is 18.4 Å². The third-order valence-electron chi connectivity index (χ3n) is 3.77. The molecule has 0 fully saturated rings. The zero-order valence-corrected chi connectivity index (χ0v) is 20.2. The van der Waals surface area contributed by atoms with Gasteiger partial charge in [0, 0.05) is 22.1 Å². The largest absolute Gasteiger partial charge is 0.465 e. The number of hydrogen-bond donors (Lipinski definition) is 0. The highest BCUT2D eigenvalue weighted by Gasteiger charge is 2.20. The Balaban J connectivity index is 2.23. The smallest absolute Gasteiger partial charge is 0.340 e. The molecule has 0 aromatic heterocycles. The summed E-state index contributed by atoms with van der Waals surface area (Å²) in [5.41, 5.74) is 3.30. The van der Waals surface area contributed by atoms with Gasteiger partial charge >= 0.3 is 5.97 Å². The molecule has 0 atom stereocenters. The predicted octanol–water partition coefficient (Wildman–Crippen LogP) is 6.76. The van der Waals surface area contributed by atoms with Gasteiger partial charge in [-0.15, -0.1) is 0 Å². The number of carbonyl (C=O) groups is 1. The molecule has 3 nitrogen and oxygen atoms in total. The Labute approximate surface area is 193 Å². The van der Waals surface area contributed by atoms with E-state index in [-0.39, 0.29) is 5.97 Å². The maximum Gasteiger partial charge on any atom is 0.340 e. The monoisotopic (exact) mass is 681 g/mol. The second-order valence-electron chi connectivity index (χ2n) is 5.44. The molecule has 0 aliphatic rings. The zero-order chi connectivity index (χ0) is 18.7. The molecule has 0 aliphatic heterocycles. The van der Waals surface area contributed by atoms with Crippen LogP contribution in [0.3, 0.4) is 0 Å². The lowest BCUT2D eigenvalue weighted by Crippen LogP contribution is -2.15. The van der Waals surface area contributed by atoms with Crippen molar-refractivity contribution in [3.05, 3.63) is 83.0 Å². The summed E-state index contributed by atoms with van der Waals surface area (Å²) >= 11 is 6.78. The zero-order valence-electron chi connectivity index (χ0n) is 13.7. The van der Waals surface area contributed by atoms with Crippen LogP contribution in [0.1, 0.15) is 10.4 Å². The van der Waals surface area contributed by atoms with Gasteiger partial charge in [-0.2, -0.15) is 0 Å². The second kappa shape index (κ2) is 8.87. The van der Waals surface area contributed by atoms with E-state index >= 15 is 0 Å². The number of halogens is 3. The van der Waals surface area contributed by atoms with E-state index in [0.717, 1.165) is 27.8 Å². The molecule has 3 aromatic rings. The van der Waals surface area contributed by atoms with Crippen molar-refractivity contribution in [3.8, 4) is 0 Å². The summed E-state index contributed by atoms with van der Waals surface area (Å²) in [5.74, 6) is -0.348. The summed E-state index contributed by atoms with van der Waals surface area (Å²) in [4.78, 5) is 14.5. The summed E-state index contributed by atoms with van der Waals surface area (Å²) in [6, 6.07) is 22.3. The Morgan fingerprint density at radius 1 is 0.769 bits per heavy atom. The number of rotatable bonds is 4. The SMILES string of the molecule is COC(=O)c1cc(I)ccc1N(c1ccc(I)cc1)c1ccc(I)cc1. The minimum atomic E-state index is -0.348. The quantitative estimate of drug-likeness (QED) is 0.226. The van der Waals surface area contributed by atoms with Crippen molar-refractivity contribution in [2.75, 3.05) is 12.0 Å². The van der Waals surface area contributed by atoms with Gasteiger partial charge in [-0.05, 0) is 135 Å². The number of methoxy groups -OCH3 is 1. The highest BCUT2D eigenvalue weighted by atomic mass is 127. The lowest BCUT2D eigenvalue weighted by atomic mass is 10.1. The lowest BCUT2D eigenvalue weighted by molar-refractivity contribution is 0.0601. The maximum atomic E-state index is 12.4.